The Bertz CT molecular complexity index is 392. The van der Waals surface area contributed by atoms with Crippen LogP contribution in [-0.2, 0) is 6.42 Å². The quantitative estimate of drug-likeness (QED) is 0.725. The number of carbonyl (C=O) groups excluding carboxylic acids is 1. The molecule has 0 bridgehead atoms. The van der Waals surface area contributed by atoms with E-state index in [2.05, 4.69) is 6.92 Å². The van der Waals surface area contributed by atoms with Gasteiger partial charge in [0.25, 0.3) is 0 Å². The Balaban J connectivity index is 2.31. The Kier molecular flexibility index (Phi) is 3.28. The summed E-state index contributed by atoms with van der Waals surface area (Å²) in [6.07, 6.45) is 4.22. The zero-order chi connectivity index (χ0) is 11.5. The van der Waals surface area contributed by atoms with Gasteiger partial charge in [-0.3, -0.25) is 4.79 Å². The summed E-state index contributed by atoms with van der Waals surface area (Å²) in [6.45, 7) is 2.10. The molecule has 0 amide bonds. The molecule has 1 saturated carbocycles. The van der Waals surface area contributed by atoms with E-state index in [1.165, 1.54) is 12.0 Å². The van der Waals surface area contributed by atoms with Crippen LogP contribution in [0.4, 0.5) is 0 Å². The van der Waals surface area contributed by atoms with Gasteiger partial charge in [0.1, 0.15) is 5.75 Å². The first-order valence-electron chi connectivity index (χ1n) is 5.97. The molecule has 2 rings (SSSR count). The fourth-order valence-electron chi connectivity index (χ4n) is 2.06. The SMILES string of the molecule is CCc1ccc(OC)c(C(=O)C2CCC2)c1. The molecule has 1 fully saturated rings. The van der Waals surface area contributed by atoms with Crippen molar-refractivity contribution in [2.45, 2.75) is 32.6 Å². The molecule has 0 heterocycles. The van der Waals surface area contributed by atoms with Crippen molar-refractivity contribution >= 4 is 5.78 Å². The molecular weight excluding hydrogens is 200 g/mol. The summed E-state index contributed by atoms with van der Waals surface area (Å²) in [5.74, 6) is 1.22. The monoisotopic (exact) mass is 218 g/mol. The molecule has 16 heavy (non-hydrogen) atoms. The molecule has 0 aromatic heterocycles. The second kappa shape index (κ2) is 4.69. The van der Waals surface area contributed by atoms with Crippen molar-refractivity contribution in [3.05, 3.63) is 29.3 Å². The van der Waals surface area contributed by atoms with Crippen LogP contribution in [0, 0.1) is 5.92 Å². The summed E-state index contributed by atoms with van der Waals surface area (Å²) in [7, 11) is 1.62. The lowest BCUT2D eigenvalue weighted by Crippen LogP contribution is -2.22. The Morgan fingerprint density at radius 2 is 2.19 bits per heavy atom. The zero-order valence-electron chi connectivity index (χ0n) is 9.95. The summed E-state index contributed by atoms with van der Waals surface area (Å²) < 4.78 is 5.26. The molecule has 0 saturated heterocycles. The van der Waals surface area contributed by atoms with Gasteiger partial charge in [-0.1, -0.05) is 19.4 Å². The van der Waals surface area contributed by atoms with Crippen LogP contribution in [0.5, 0.6) is 5.75 Å². The summed E-state index contributed by atoms with van der Waals surface area (Å²) in [5, 5.41) is 0. The number of rotatable bonds is 4. The highest BCUT2D eigenvalue weighted by Crippen LogP contribution is 2.33. The Morgan fingerprint density at radius 1 is 1.44 bits per heavy atom. The predicted molar refractivity (Wildman–Crippen MR) is 64.0 cm³/mol. The largest absolute Gasteiger partial charge is 0.496 e. The number of hydrogen-bond donors (Lipinski definition) is 0. The van der Waals surface area contributed by atoms with Gasteiger partial charge in [-0.05, 0) is 37.0 Å². The highest BCUT2D eigenvalue weighted by molar-refractivity contribution is 6.00. The van der Waals surface area contributed by atoms with Crippen molar-refractivity contribution in [1.82, 2.24) is 0 Å². The average molecular weight is 218 g/mol. The van der Waals surface area contributed by atoms with Crippen LogP contribution in [0.2, 0.25) is 0 Å². The molecule has 0 aliphatic heterocycles. The summed E-state index contributed by atoms with van der Waals surface area (Å²) in [5.41, 5.74) is 1.97. The van der Waals surface area contributed by atoms with E-state index < -0.39 is 0 Å². The van der Waals surface area contributed by atoms with Gasteiger partial charge in [-0.2, -0.15) is 0 Å². The van der Waals surface area contributed by atoms with Gasteiger partial charge in [-0.25, -0.2) is 0 Å². The fourth-order valence-corrected chi connectivity index (χ4v) is 2.06. The molecule has 0 atom stereocenters. The number of benzene rings is 1. The number of ether oxygens (including phenoxy) is 1. The zero-order valence-corrected chi connectivity index (χ0v) is 9.95. The van der Waals surface area contributed by atoms with Gasteiger partial charge in [0.2, 0.25) is 0 Å². The Hall–Kier alpha value is -1.31. The maximum absolute atomic E-state index is 12.2. The highest BCUT2D eigenvalue weighted by atomic mass is 16.5. The number of hydrogen-bond acceptors (Lipinski definition) is 2. The van der Waals surface area contributed by atoms with E-state index in [1.54, 1.807) is 7.11 Å². The number of Topliss-reactive ketones (excluding diaryl/α,β-unsaturated/α-hetero) is 1. The summed E-state index contributed by atoms with van der Waals surface area (Å²) >= 11 is 0. The van der Waals surface area contributed by atoms with Crippen LogP contribution in [0.15, 0.2) is 18.2 Å². The van der Waals surface area contributed by atoms with Crippen LogP contribution in [-0.4, -0.2) is 12.9 Å². The van der Waals surface area contributed by atoms with Crippen LogP contribution in [0.3, 0.4) is 0 Å². The molecule has 0 unspecified atom stereocenters. The van der Waals surface area contributed by atoms with Crippen molar-refractivity contribution in [1.29, 1.82) is 0 Å². The highest BCUT2D eigenvalue weighted by Gasteiger charge is 2.28. The first kappa shape index (κ1) is 11.2. The van der Waals surface area contributed by atoms with Crippen LogP contribution < -0.4 is 4.74 Å². The predicted octanol–water partition coefficient (Wildman–Crippen LogP) is 3.24. The Morgan fingerprint density at radius 3 is 2.69 bits per heavy atom. The molecule has 0 spiro atoms. The van der Waals surface area contributed by atoms with Gasteiger partial charge >= 0.3 is 0 Å². The number of methoxy groups -OCH3 is 1. The minimum absolute atomic E-state index is 0.237. The van der Waals surface area contributed by atoms with E-state index in [1.807, 2.05) is 18.2 Å². The first-order valence-corrected chi connectivity index (χ1v) is 5.97. The maximum Gasteiger partial charge on any atom is 0.169 e. The minimum atomic E-state index is 0.237. The smallest absolute Gasteiger partial charge is 0.169 e. The van der Waals surface area contributed by atoms with Gasteiger partial charge in [0.05, 0.1) is 12.7 Å². The molecule has 0 N–H and O–H groups in total. The molecule has 2 heteroatoms. The number of aryl methyl sites for hydroxylation is 1. The second-order valence-electron chi connectivity index (χ2n) is 4.38. The first-order chi connectivity index (χ1) is 7.76. The third-order valence-corrected chi connectivity index (χ3v) is 3.41. The van der Waals surface area contributed by atoms with Gasteiger partial charge in [0.15, 0.2) is 5.78 Å². The topological polar surface area (TPSA) is 26.3 Å². The molecule has 86 valence electrons. The molecule has 2 nitrogen and oxygen atoms in total. The number of ketones is 1. The van der Waals surface area contributed by atoms with Crippen molar-refractivity contribution in [3.63, 3.8) is 0 Å². The standard InChI is InChI=1S/C14H18O2/c1-3-10-7-8-13(16-2)12(9-10)14(15)11-5-4-6-11/h7-9,11H,3-6H2,1-2H3. The molecule has 1 aromatic rings. The van der Waals surface area contributed by atoms with E-state index in [-0.39, 0.29) is 11.7 Å². The lowest BCUT2D eigenvalue weighted by Gasteiger charge is -2.24. The fraction of sp³-hybridized carbons (Fsp3) is 0.500. The summed E-state index contributed by atoms with van der Waals surface area (Å²) in [4.78, 5) is 12.2. The van der Waals surface area contributed by atoms with Crippen LogP contribution >= 0.6 is 0 Å². The number of carbonyl (C=O) groups is 1. The van der Waals surface area contributed by atoms with E-state index in [9.17, 15) is 4.79 Å². The van der Waals surface area contributed by atoms with Gasteiger partial charge in [0, 0.05) is 5.92 Å². The van der Waals surface area contributed by atoms with Gasteiger partial charge in [-0.15, -0.1) is 0 Å². The van der Waals surface area contributed by atoms with E-state index in [0.717, 1.165) is 24.8 Å². The normalized spacial score (nSPS) is 15.6. The average Bonchev–Trinajstić information content (AvgIpc) is 2.25. The maximum atomic E-state index is 12.2. The van der Waals surface area contributed by atoms with Crippen molar-refractivity contribution in [2.75, 3.05) is 7.11 Å². The molecular formula is C14H18O2. The molecule has 1 aliphatic rings. The lowest BCUT2D eigenvalue weighted by molar-refractivity contribution is 0.0852. The van der Waals surface area contributed by atoms with E-state index in [0.29, 0.717) is 5.75 Å². The molecule has 1 aromatic carbocycles. The van der Waals surface area contributed by atoms with Gasteiger partial charge < -0.3 is 4.74 Å². The van der Waals surface area contributed by atoms with Crippen LogP contribution in [0.1, 0.15) is 42.1 Å². The summed E-state index contributed by atoms with van der Waals surface area (Å²) in [6, 6.07) is 5.92. The molecule has 1 aliphatic carbocycles. The van der Waals surface area contributed by atoms with E-state index >= 15 is 0 Å². The minimum Gasteiger partial charge on any atom is -0.496 e. The van der Waals surface area contributed by atoms with Crippen molar-refractivity contribution in [2.24, 2.45) is 5.92 Å². The molecule has 0 radical (unpaired) electrons. The van der Waals surface area contributed by atoms with E-state index in [4.69, 9.17) is 4.74 Å². The third kappa shape index (κ3) is 1.97. The third-order valence-electron chi connectivity index (χ3n) is 3.41. The lowest BCUT2D eigenvalue weighted by atomic mass is 9.79. The second-order valence-corrected chi connectivity index (χ2v) is 4.38. The van der Waals surface area contributed by atoms with Crippen LogP contribution in [0.25, 0.3) is 0 Å². The van der Waals surface area contributed by atoms with Crippen molar-refractivity contribution in [3.8, 4) is 5.75 Å². The van der Waals surface area contributed by atoms with Crippen molar-refractivity contribution < 1.29 is 9.53 Å². The Labute approximate surface area is 96.6 Å².